The third kappa shape index (κ3) is 3.28. The number of aromatic amines is 1. The topological polar surface area (TPSA) is 53.2 Å². The Kier molecular flexibility index (Phi) is 4.15. The number of fused-ring (bicyclic) bond motifs is 1. The molecule has 1 aromatic rings. The number of methoxy groups -OCH3 is 1. The van der Waals surface area contributed by atoms with E-state index in [2.05, 4.69) is 34.2 Å². The summed E-state index contributed by atoms with van der Waals surface area (Å²) in [6, 6.07) is 0.486. The van der Waals surface area contributed by atoms with E-state index in [1.54, 1.807) is 13.4 Å². The number of hydrogen-bond acceptors (Lipinski definition) is 4. The monoisotopic (exact) mass is 238 g/mol. The lowest BCUT2D eigenvalue weighted by Crippen LogP contribution is -2.45. The molecular formula is C12H22N4O. The van der Waals surface area contributed by atoms with Crippen LogP contribution in [0.4, 0.5) is 0 Å². The van der Waals surface area contributed by atoms with Crippen LogP contribution >= 0.6 is 0 Å². The lowest BCUT2D eigenvalue weighted by molar-refractivity contribution is 0.0822. The Morgan fingerprint density at radius 2 is 2.47 bits per heavy atom. The summed E-state index contributed by atoms with van der Waals surface area (Å²) in [5, 5.41) is 3.53. The van der Waals surface area contributed by atoms with Gasteiger partial charge in [0.2, 0.25) is 0 Å². The molecule has 2 atom stereocenters. The number of ether oxygens (including phenoxy) is 1. The Labute approximate surface area is 103 Å². The molecular weight excluding hydrogens is 216 g/mol. The van der Waals surface area contributed by atoms with Crippen molar-refractivity contribution in [1.82, 2.24) is 20.2 Å². The average molecular weight is 238 g/mol. The molecule has 0 aliphatic carbocycles. The smallest absolute Gasteiger partial charge is 0.0925 e. The van der Waals surface area contributed by atoms with E-state index in [1.165, 1.54) is 11.4 Å². The second-order valence-electron chi connectivity index (χ2n) is 4.88. The molecule has 1 aromatic heterocycles. The van der Waals surface area contributed by atoms with Crippen molar-refractivity contribution in [2.24, 2.45) is 0 Å². The first-order valence-electron chi connectivity index (χ1n) is 6.15. The van der Waals surface area contributed by atoms with Gasteiger partial charge in [0.15, 0.2) is 0 Å². The highest BCUT2D eigenvalue weighted by Gasteiger charge is 2.21. The fourth-order valence-electron chi connectivity index (χ4n) is 2.32. The Morgan fingerprint density at radius 1 is 1.65 bits per heavy atom. The molecule has 2 rings (SSSR count). The Hall–Kier alpha value is -0.910. The molecule has 0 bridgehead atoms. The average Bonchev–Trinajstić information content (AvgIpc) is 2.75. The first kappa shape index (κ1) is 12.5. The Bertz CT molecular complexity index is 352. The van der Waals surface area contributed by atoms with E-state index >= 15 is 0 Å². The molecule has 0 amide bonds. The number of aromatic nitrogens is 2. The normalized spacial score (nSPS) is 21.5. The van der Waals surface area contributed by atoms with Gasteiger partial charge in [0.25, 0.3) is 0 Å². The van der Waals surface area contributed by atoms with Crippen LogP contribution in [0.25, 0.3) is 0 Å². The van der Waals surface area contributed by atoms with Gasteiger partial charge < -0.3 is 19.9 Å². The van der Waals surface area contributed by atoms with Gasteiger partial charge >= 0.3 is 0 Å². The lowest BCUT2D eigenvalue weighted by Gasteiger charge is -2.28. The molecule has 2 N–H and O–H groups in total. The first-order valence-corrected chi connectivity index (χ1v) is 6.15. The minimum atomic E-state index is 0.282. The molecule has 2 heterocycles. The predicted molar refractivity (Wildman–Crippen MR) is 66.9 cm³/mol. The van der Waals surface area contributed by atoms with Gasteiger partial charge in [-0.2, -0.15) is 0 Å². The van der Waals surface area contributed by atoms with Crippen molar-refractivity contribution >= 4 is 0 Å². The molecule has 0 aromatic carbocycles. The maximum atomic E-state index is 5.27. The van der Waals surface area contributed by atoms with Gasteiger partial charge in [0.05, 0.1) is 23.8 Å². The highest BCUT2D eigenvalue weighted by Crippen LogP contribution is 2.12. The summed E-state index contributed by atoms with van der Waals surface area (Å²) < 4.78 is 5.27. The van der Waals surface area contributed by atoms with Gasteiger partial charge in [0, 0.05) is 39.2 Å². The summed E-state index contributed by atoms with van der Waals surface area (Å²) in [6.07, 6.45) is 3.07. The zero-order chi connectivity index (χ0) is 12.3. The second kappa shape index (κ2) is 5.62. The van der Waals surface area contributed by atoms with Crippen LogP contribution in [0.2, 0.25) is 0 Å². The van der Waals surface area contributed by atoms with Crippen molar-refractivity contribution in [3.05, 3.63) is 17.7 Å². The van der Waals surface area contributed by atoms with E-state index in [0.29, 0.717) is 6.04 Å². The van der Waals surface area contributed by atoms with Crippen molar-refractivity contribution in [2.75, 3.05) is 27.2 Å². The van der Waals surface area contributed by atoms with Gasteiger partial charge in [-0.15, -0.1) is 0 Å². The van der Waals surface area contributed by atoms with Gasteiger partial charge in [-0.05, 0) is 14.0 Å². The molecule has 0 fully saturated rings. The third-order valence-corrected chi connectivity index (χ3v) is 3.32. The quantitative estimate of drug-likeness (QED) is 0.779. The van der Waals surface area contributed by atoms with Crippen molar-refractivity contribution in [1.29, 1.82) is 0 Å². The van der Waals surface area contributed by atoms with E-state index < -0.39 is 0 Å². The molecule has 0 spiro atoms. The Balaban J connectivity index is 1.81. The van der Waals surface area contributed by atoms with Crippen LogP contribution < -0.4 is 5.32 Å². The fourth-order valence-corrected chi connectivity index (χ4v) is 2.32. The van der Waals surface area contributed by atoms with E-state index in [4.69, 9.17) is 4.74 Å². The fraction of sp³-hybridized carbons (Fsp3) is 0.750. The van der Waals surface area contributed by atoms with E-state index in [0.717, 1.165) is 26.1 Å². The number of nitrogens with zero attached hydrogens (tertiary/aromatic N) is 2. The van der Waals surface area contributed by atoms with Crippen LogP contribution in [0.15, 0.2) is 6.33 Å². The molecule has 5 heteroatoms. The van der Waals surface area contributed by atoms with Gasteiger partial charge in [-0.25, -0.2) is 4.98 Å². The number of hydrogen-bond donors (Lipinski definition) is 2. The zero-order valence-corrected chi connectivity index (χ0v) is 10.9. The molecule has 1 aliphatic rings. The van der Waals surface area contributed by atoms with E-state index in [1.807, 2.05) is 0 Å². The van der Waals surface area contributed by atoms with Gasteiger partial charge in [-0.1, -0.05) is 0 Å². The van der Waals surface area contributed by atoms with Crippen LogP contribution in [0.1, 0.15) is 18.3 Å². The highest BCUT2D eigenvalue weighted by atomic mass is 16.5. The predicted octanol–water partition coefficient (Wildman–Crippen LogP) is 0.391. The van der Waals surface area contributed by atoms with Crippen LogP contribution in [0, 0.1) is 0 Å². The lowest BCUT2D eigenvalue weighted by atomic mass is 10.1. The molecule has 0 radical (unpaired) electrons. The van der Waals surface area contributed by atoms with Gasteiger partial charge in [0.1, 0.15) is 0 Å². The maximum Gasteiger partial charge on any atom is 0.0925 e. The molecule has 0 saturated heterocycles. The van der Waals surface area contributed by atoms with Crippen LogP contribution in [0.3, 0.4) is 0 Å². The molecule has 5 nitrogen and oxygen atoms in total. The molecule has 96 valence electrons. The maximum absolute atomic E-state index is 5.27. The summed E-state index contributed by atoms with van der Waals surface area (Å²) in [4.78, 5) is 9.83. The van der Waals surface area contributed by atoms with Crippen LogP contribution in [0.5, 0.6) is 0 Å². The van der Waals surface area contributed by atoms with Crippen molar-refractivity contribution < 1.29 is 4.74 Å². The molecule has 2 unspecified atom stereocenters. The number of nitrogens with one attached hydrogen (secondary N) is 2. The minimum absolute atomic E-state index is 0.282. The Morgan fingerprint density at radius 3 is 3.24 bits per heavy atom. The second-order valence-corrected chi connectivity index (χ2v) is 4.88. The van der Waals surface area contributed by atoms with Crippen LogP contribution in [-0.2, 0) is 17.7 Å². The highest BCUT2D eigenvalue weighted by molar-refractivity contribution is 5.15. The van der Waals surface area contributed by atoms with Crippen molar-refractivity contribution in [3.63, 3.8) is 0 Å². The van der Waals surface area contributed by atoms with Crippen molar-refractivity contribution in [2.45, 2.75) is 32.0 Å². The molecule has 1 aliphatic heterocycles. The standard InChI is InChI=1S/C12H22N4O/c1-9(17-3)6-16(2)7-10-4-11-12(5-13-10)15-8-14-11/h8-10,13H,4-7H2,1-3H3,(H,14,15). The molecule has 17 heavy (non-hydrogen) atoms. The largest absolute Gasteiger partial charge is 0.380 e. The summed E-state index contributed by atoms with van der Waals surface area (Å²) in [6.45, 7) is 4.98. The minimum Gasteiger partial charge on any atom is -0.380 e. The summed E-state index contributed by atoms with van der Waals surface area (Å²) >= 11 is 0. The SMILES string of the molecule is COC(C)CN(C)CC1Cc2nc[nH]c2CN1. The molecule has 0 saturated carbocycles. The third-order valence-electron chi connectivity index (χ3n) is 3.32. The summed E-state index contributed by atoms with van der Waals surface area (Å²) in [5.74, 6) is 0. The van der Waals surface area contributed by atoms with Crippen LogP contribution in [-0.4, -0.2) is 54.3 Å². The van der Waals surface area contributed by atoms with Crippen molar-refractivity contribution in [3.8, 4) is 0 Å². The van der Waals surface area contributed by atoms with Gasteiger partial charge in [-0.3, -0.25) is 0 Å². The number of H-pyrrole nitrogens is 1. The summed E-state index contributed by atoms with van der Waals surface area (Å²) in [5.41, 5.74) is 2.44. The van der Waals surface area contributed by atoms with E-state index in [9.17, 15) is 0 Å². The number of likely N-dealkylation sites (N-methyl/N-ethyl adjacent to an activating group) is 1. The number of rotatable bonds is 5. The van der Waals surface area contributed by atoms with E-state index in [-0.39, 0.29) is 6.10 Å². The first-order chi connectivity index (χ1) is 8.19. The zero-order valence-electron chi connectivity index (χ0n) is 10.9. The summed E-state index contributed by atoms with van der Waals surface area (Å²) in [7, 11) is 3.89. The number of imidazole rings is 1.